The van der Waals surface area contributed by atoms with Gasteiger partial charge in [-0.05, 0) is 26.7 Å². The Morgan fingerprint density at radius 2 is 2.00 bits per heavy atom. The van der Waals surface area contributed by atoms with Gasteiger partial charge >= 0.3 is 0 Å². The maximum Gasteiger partial charge on any atom is 0.190 e. The monoisotopic (exact) mass is 283 g/mol. The van der Waals surface area contributed by atoms with Crippen molar-refractivity contribution in [3.05, 3.63) is 23.8 Å². The lowest BCUT2D eigenvalue weighted by atomic mass is 10.1. The lowest BCUT2D eigenvalue weighted by Crippen LogP contribution is -2.07. The molecule has 3 heterocycles. The molecule has 0 saturated heterocycles. The number of hydrogen-bond acceptors (Lipinski definition) is 5. The van der Waals surface area contributed by atoms with Gasteiger partial charge in [-0.3, -0.25) is 0 Å². The van der Waals surface area contributed by atoms with Crippen LogP contribution in [0.1, 0.15) is 43.0 Å². The van der Waals surface area contributed by atoms with Crippen molar-refractivity contribution in [2.75, 3.05) is 0 Å². The Balaban J connectivity index is 2.00. The van der Waals surface area contributed by atoms with Crippen LogP contribution in [0, 0.1) is 13.8 Å². The molecule has 3 aromatic heterocycles. The van der Waals surface area contributed by atoms with Crippen molar-refractivity contribution in [2.24, 2.45) is 0 Å². The summed E-state index contributed by atoms with van der Waals surface area (Å²) in [7, 11) is 0. The smallest absolute Gasteiger partial charge is 0.190 e. The van der Waals surface area contributed by atoms with Gasteiger partial charge in [0.2, 0.25) is 0 Å². The second-order valence-electron chi connectivity index (χ2n) is 5.73. The van der Waals surface area contributed by atoms with Crippen LogP contribution in [0.2, 0.25) is 0 Å². The lowest BCUT2D eigenvalue weighted by Gasteiger charge is -2.09. The molecule has 0 aromatic carbocycles. The van der Waals surface area contributed by atoms with Crippen molar-refractivity contribution >= 4 is 11.0 Å². The molecule has 1 aliphatic carbocycles. The van der Waals surface area contributed by atoms with Crippen LogP contribution in [0.5, 0.6) is 0 Å². The summed E-state index contributed by atoms with van der Waals surface area (Å²) in [6, 6.07) is 0.429. The first kappa shape index (κ1) is 12.5. The SMILES string of the molecule is Cc1cnoc1-c1nn(C2CCCC2)c2ncnc(C)c12. The Morgan fingerprint density at radius 3 is 2.71 bits per heavy atom. The van der Waals surface area contributed by atoms with Crippen molar-refractivity contribution in [1.29, 1.82) is 0 Å². The molecule has 3 aromatic rings. The predicted octanol–water partition coefficient (Wildman–Crippen LogP) is 3.21. The fourth-order valence-electron chi connectivity index (χ4n) is 3.20. The highest BCUT2D eigenvalue weighted by atomic mass is 16.5. The molecule has 6 heteroatoms. The largest absolute Gasteiger partial charge is 0.354 e. The van der Waals surface area contributed by atoms with Crippen molar-refractivity contribution in [3.63, 3.8) is 0 Å². The van der Waals surface area contributed by atoms with Gasteiger partial charge in [-0.1, -0.05) is 18.0 Å². The molecule has 6 nitrogen and oxygen atoms in total. The Kier molecular flexibility index (Phi) is 2.77. The second-order valence-corrected chi connectivity index (χ2v) is 5.73. The van der Waals surface area contributed by atoms with Crippen LogP contribution in [-0.2, 0) is 0 Å². The molecule has 0 amide bonds. The number of fused-ring (bicyclic) bond motifs is 1. The van der Waals surface area contributed by atoms with Gasteiger partial charge in [0.05, 0.1) is 23.3 Å². The van der Waals surface area contributed by atoms with Crippen LogP contribution in [0.4, 0.5) is 0 Å². The zero-order valence-electron chi connectivity index (χ0n) is 12.2. The van der Waals surface area contributed by atoms with E-state index in [1.165, 1.54) is 12.8 Å². The van der Waals surface area contributed by atoms with E-state index in [-0.39, 0.29) is 0 Å². The minimum Gasteiger partial charge on any atom is -0.354 e. The highest BCUT2D eigenvalue weighted by Gasteiger charge is 2.26. The molecular formula is C15H17N5O. The Labute approximate surface area is 122 Å². The van der Waals surface area contributed by atoms with E-state index in [9.17, 15) is 0 Å². The van der Waals surface area contributed by atoms with Gasteiger partial charge in [0.15, 0.2) is 11.4 Å². The first-order valence-corrected chi connectivity index (χ1v) is 7.37. The first-order valence-electron chi connectivity index (χ1n) is 7.37. The molecule has 0 spiro atoms. The zero-order chi connectivity index (χ0) is 14.4. The summed E-state index contributed by atoms with van der Waals surface area (Å²) in [5.74, 6) is 0.717. The van der Waals surface area contributed by atoms with E-state index in [1.807, 2.05) is 13.8 Å². The fraction of sp³-hybridized carbons (Fsp3) is 0.467. The Hall–Kier alpha value is -2.24. The Bertz CT molecular complexity index is 798. The van der Waals surface area contributed by atoms with Crippen molar-refractivity contribution in [3.8, 4) is 11.5 Å². The fourth-order valence-corrected chi connectivity index (χ4v) is 3.20. The predicted molar refractivity (Wildman–Crippen MR) is 77.8 cm³/mol. The standard InChI is InChI=1S/C15H17N5O/c1-9-7-18-21-14(9)13-12-10(2)16-8-17-15(12)20(19-13)11-5-3-4-6-11/h7-8,11H,3-6H2,1-2H3. The van der Waals surface area contributed by atoms with Gasteiger partial charge in [0, 0.05) is 5.56 Å². The molecule has 0 N–H and O–H groups in total. The van der Waals surface area contributed by atoms with E-state index in [4.69, 9.17) is 9.62 Å². The number of aryl methyl sites for hydroxylation is 2. The third kappa shape index (κ3) is 1.86. The van der Waals surface area contributed by atoms with Crippen LogP contribution in [0.3, 0.4) is 0 Å². The van der Waals surface area contributed by atoms with Gasteiger partial charge in [0.1, 0.15) is 12.0 Å². The van der Waals surface area contributed by atoms with Gasteiger partial charge < -0.3 is 4.52 Å². The highest BCUT2D eigenvalue weighted by molar-refractivity contribution is 5.92. The average Bonchev–Trinajstić information content (AvgIpc) is 3.17. The quantitative estimate of drug-likeness (QED) is 0.722. The number of hydrogen-bond donors (Lipinski definition) is 0. The summed E-state index contributed by atoms with van der Waals surface area (Å²) in [6.45, 7) is 3.96. The van der Waals surface area contributed by atoms with Crippen LogP contribution >= 0.6 is 0 Å². The van der Waals surface area contributed by atoms with Gasteiger partial charge in [-0.2, -0.15) is 5.10 Å². The van der Waals surface area contributed by atoms with E-state index in [1.54, 1.807) is 12.5 Å². The molecule has 0 bridgehead atoms. The number of nitrogens with zero attached hydrogens (tertiary/aromatic N) is 5. The minimum atomic E-state index is 0.429. The van der Waals surface area contributed by atoms with Crippen molar-refractivity contribution < 1.29 is 4.52 Å². The normalized spacial score (nSPS) is 16.1. The number of rotatable bonds is 2. The molecule has 21 heavy (non-hydrogen) atoms. The second kappa shape index (κ2) is 4.65. The topological polar surface area (TPSA) is 69.6 Å². The minimum absolute atomic E-state index is 0.429. The Morgan fingerprint density at radius 1 is 1.19 bits per heavy atom. The maximum absolute atomic E-state index is 5.41. The molecule has 108 valence electrons. The maximum atomic E-state index is 5.41. The van der Waals surface area contributed by atoms with Crippen molar-refractivity contribution in [1.82, 2.24) is 24.9 Å². The van der Waals surface area contributed by atoms with Crippen LogP contribution in [0.15, 0.2) is 17.0 Å². The summed E-state index contributed by atoms with van der Waals surface area (Å²) in [6.07, 6.45) is 8.17. The van der Waals surface area contributed by atoms with Gasteiger partial charge in [0.25, 0.3) is 0 Å². The van der Waals surface area contributed by atoms with E-state index in [0.29, 0.717) is 6.04 Å². The van der Waals surface area contributed by atoms with Gasteiger partial charge in [-0.15, -0.1) is 0 Å². The third-order valence-electron chi connectivity index (χ3n) is 4.31. The summed E-state index contributed by atoms with van der Waals surface area (Å²) in [5, 5.41) is 9.67. The van der Waals surface area contributed by atoms with E-state index < -0.39 is 0 Å². The molecule has 0 unspecified atom stereocenters. The van der Waals surface area contributed by atoms with E-state index >= 15 is 0 Å². The highest BCUT2D eigenvalue weighted by Crippen LogP contribution is 2.36. The molecule has 0 radical (unpaired) electrons. The molecule has 1 fully saturated rings. The summed E-state index contributed by atoms with van der Waals surface area (Å²) in [4.78, 5) is 8.80. The number of aromatic nitrogens is 5. The van der Waals surface area contributed by atoms with Crippen LogP contribution < -0.4 is 0 Å². The van der Waals surface area contributed by atoms with Gasteiger partial charge in [-0.25, -0.2) is 14.6 Å². The summed E-state index contributed by atoms with van der Waals surface area (Å²) >= 11 is 0. The first-order chi connectivity index (χ1) is 10.3. The molecule has 4 rings (SSSR count). The average molecular weight is 283 g/mol. The van der Waals surface area contributed by atoms with E-state index in [0.717, 1.165) is 46.6 Å². The molecular weight excluding hydrogens is 266 g/mol. The van der Waals surface area contributed by atoms with Crippen LogP contribution in [-0.4, -0.2) is 24.9 Å². The molecule has 1 aliphatic rings. The molecule has 0 atom stereocenters. The zero-order valence-corrected chi connectivity index (χ0v) is 12.2. The van der Waals surface area contributed by atoms with Crippen LogP contribution in [0.25, 0.3) is 22.5 Å². The third-order valence-corrected chi connectivity index (χ3v) is 4.31. The summed E-state index contributed by atoms with van der Waals surface area (Å²) < 4.78 is 7.47. The van der Waals surface area contributed by atoms with E-state index in [2.05, 4.69) is 19.8 Å². The molecule has 0 aliphatic heterocycles. The lowest BCUT2D eigenvalue weighted by molar-refractivity contribution is 0.427. The van der Waals surface area contributed by atoms with Crippen molar-refractivity contribution in [2.45, 2.75) is 45.6 Å². The molecule has 1 saturated carbocycles. The summed E-state index contributed by atoms with van der Waals surface area (Å²) in [5.41, 5.74) is 3.62.